The number of hydrogen-bond acceptors (Lipinski definition) is 4. The molecule has 3 rings (SSSR count). The Balaban J connectivity index is 1.69. The van der Waals surface area contributed by atoms with Crippen molar-refractivity contribution in [2.45, 2.75) is 58.2 Å². The normalized spacial score (nSPS) is 20.8. The molecule has 4 nitrogen and oxygen atoms in total. The van der Waals surface area contributed by atoms with E-state index in [1.54, 1.807) is 11.3 Å². The summed E-state index contributed by atoms with van der Waals surface area (Å²) in [7, 11) is 0. The van der Waals surface area contributed by atoms with Gasteiger partial charge in [-0.3, -0.25) is 9.69 Å². The Kier molecular flexibility index (Phi) is 5.86. The minimum atomic E-state index is -0.152. The molecular weight excluding hydrogens is 330 g/mol. The second-order valence-electron chi connectivity index (χ2n) is 6.89. The summed E-state index contributed by atoms with van der Waals surface area (Å²) in [5.41, 5.74) is 2.20. The summed E-state index contributed by atoms with van der Waals surface area (Å²) >= 11 is 1.72. The van der Waals surface area contributed by atoms with E-state index in [-0.39, 0.29) is 24.0 Å². The van der Waals surface area contributed by atoms with Crippen LogP contribution in [-0.2, 0) is 4.79 Å². The number of nitrogens with one attached hydrogen (secondary N) is 1. The average Bonchev–Trinajstić information content (AvgIpc) is 3.08. The second-order valence-corrected chi connectivity index (χ2v) is 7.78. The largest absolute Gasteiger partial charge is 0.348 e. The number of rotatable bonds is 5. The molecule has 0 radical (unpaired) electrons. The number of carbonyl (C=O) groups is 1. The number of amides is 1. The van der Waals surface area contributed by atoms with Crippen LogP contribution in [0.15, 0.2) is 35.7 Å². The van der Waals surface area contributed by atoms with Crippen molar-refractivity contribution in [1.82, 2.24) is 15.2 Å². The number of benzene rings is 1. The van der Waals surface area contributed by atoms with Gasteiger partial charge in [0.25, 0.3) is 0 Å². The third-order valence-electron chi connectivity index (χ3n) is 5.00. The van der Waals surface area contributed by atoms with Gasteiger partial charge < -0.3 is 5.32 Å². The third kappa shape index (κ3) is 4.28. The van der Waals surface area contributed by atoms with Gasteiger partial charge in [-0.15, -0.1) is 11.3 Å². The fraction of sp³-hybridized carbons (Fsp3) is 0.500. The molecule has 2 aromatic rings. The van der Waals surface area contributed by atoms with Crippen molar-refractivity contribution in [2.75, 3.05) is 6.54 Å². The molecule has 134 valence electrons. The molecule has 5 heteroatoms. The zero-order valence-corrected chi connectivity index (χ0v) is 16.1. The van der Waals surface area contributed by atoms with E-state index in [2.05, 4.69) is 32.7 Å². The first kappa shape index (κ1) is 18.1. The maximum absolute atomic E-state index is 12.8. The molecule has 1 aromatic carbocycles. The van der Waals surface area contributed by atoms with Gasteiger partial charge in [-0.1, -0.05) is 36.8 Å². The lowest BCUT2D eigenvalue weighted by Gasteiger charge is -2.38. The number of carbonyl (C=O) groups excluding carboxylic acids is 1. The molecule has 1 aliphatic heterocycles. The Bertz CT molecular complexity index is 700. The van der Waals surface area contributed by atoms with E-state index in [0.717, 1.165) is 35.7 Å². The Morgan fingerprint density at radius 2 is 2.04 bits per heavy atom. The molecule has 0 aliphatic carbocycles. The fourth-order valence-electron chi connectivity index (χ4n) is 3.52. The van der Waals surface area contributed by atoms with Crippen LogP contribution in [0.5, 0.6) is 0 Å². The van der Waals surface area contributed by atoms with E-state index >= 15 is 0 Å². The van der Waals surface area contributed by atoms with Gasteiger partial charge in [-0.25, -0.2) is 4.98 Å². The topological polar surface area (TPSA) is 45.2 Å². The van der Waals surface area contributed by atoms with Crippen LogP contribution < -0.4 is 5.32 Å². The van der Waals surface area contributed by atoms with E-state index in [4.69, 9.17) is 0 Å². The van der Waals surface area contributed by atoms with Crippen LogP contribution >= 0.6 is 11.3 Å². The van der Waals surface area contributed by atoms with Gasteiger partial charge in [0.2, 0.25) is 5.91 Å². The van der Waals surface area contributed by atoms with Crippen molar-refractivity contribution in [3.63, 3.8) is 0 Å². The van der Waals surface area contributed by atoms with Gasteiger partial charge in [0.1, 0.15) is 5.01 Å². The van der Waals surface area contributed by atoms with E-state index < -0.39 is 0 Å². The highest BCUT2D eigenvalue weighted by molar-refractivity contribution is 7.09. The van der Waals surface area contributed by atoms with Crippen molar-refractivity contribution < 1.29 is 4.79 Å². The monoisotopic (exact) mass is 357 g/mol. The maximum atomic E-state index is 12.8. The Morgan fingerprint density at radius 3 is 2.72 bits per heavy atom. The Labute approximate surface area is 154 Å². The first-order chi connectivity index (χ1) is 12.1. The zero-order valence-electron chi connectivity index (χ0n) is 15.2. The summed E-state index contributed by atoms with van der Waals surface area (Å²) in [6.45, 7) is 7.05. The van der Waals surface area contributed by atoms with Crippen LogP contribution in [0.1, 0.15) is 61.5 Å². The Morgan fingerprint density at radius 1 is 1.28 bits per heavy atom. The Hall–Kier alpha value is -1.72. The number of aryl methyl sites for hydroxylation is 1. The van der Waals surface area contributed by atoms with Crippen LogP contribution in [0.2, 0.25) is 0 Å². The molecule has 0 spiro atoms. The van der Waals surface area contributed by atoms with Crippen LogP contribution in [-0.4, -0.2) is 28.4 Å². The number of likely N-dealkylation sites (tertiary alicyclic amines) is 1. The molecule has 1 N–H and O–H groups in total. The van der Waals surface area contributed by atoms with Crippen molar-refractivity contribution in [2.24, 2.45) is 0 Å². The van der Waals surface area contributed by atoms with E-state index in [1.807, 2.05) is 39.0 Å². The number of aromatic nitrogens is 1. The van der Waals surface area contributed by atoms with Crippen LogP contribution in [0.25, 0.3) is 0 Å². The molecule has 3 atom stereocenters. The highest BCUT2D eigenvalue weighted by Gasteiger charge is 2.33. The molecule has 1 saturated heterocycles. The van der Waals surface area contributed by atoms with Gasteiger partial charge in [0.05, 0.1) is 18.1 Å². The van der Waals surface area contributed by atoms with E-state index in [0.29, 0.717) is 0 Å². The minimum absolute atomic E-state index is 0.0153. The summed E-state index contributed by atoms with van der Waals surface area (Å²) < 4.78 is 0. The summed E-state index contributed by atoms with van der Waals surface area (Å²) in [6.07, 6.45) is 3.43. The van der Waals surface area contributed by atoms with Crippen molar-refractivity contribution >= 4 is 17.2 Å². The summed E-state index contributed by atoms with van der Waals surface area (Å²) in [4.78, 5) is 19.8. The molecule has 2 heterocycles. The lowest BCUT2D eigenvalue weighted by atomic mass is 10.00. The quantitative estimate of drug-likeness (QED) is 0.870. The SMILES string of the molecule is Cc1csc([C@@H]2CCCCN2[C@@H](C)C(=O)N[C@H](C)c2ccccc2)n1. The highest BCUT2D eigenvalue weighted by Crippen LogP contribution is 2.34. The van der Waals surface area contributed by atoms with E-state index in [9.17, 15) is 4.79 Å². The van der Waals surface area contributed by atoms with Gasteiger partial charge >= 0.3 is 0 Å². The lowest BCUT2D eigenvalue weighted by Crippen LogP contribution is -2.48. The van der Waals surface area contributed by atoms with Crippen molar-refractivity contribution in [3.8, 4) is 0 Å². The summed E-state index contributed by atoms with van der Waals surface area (Å²) in [5, 5.41) is 6.42. The second kappa shape index (κ2) is 8.11. The molecule has 25 heavy (non-hydrogen) atoms. The van der Waals surface area contributed by atoms with E-state index in [1.165, 1.54) is 6.42 Å². The average molecular weight is 358 g/mol. The number of thiazole rings is 1. The molecular formula is C20H27N3OS. The van der Waals surface area contributed by atoms with Gasteiger partial charge in [-0.2, -0.15) is 0 Å². The van der Waals surface area contributed by atoms with Gasteiger partial charge in [0, 0.05) is 11.1 Å². The first-order valence-electron chi connectivity index (χ1n) is 9.09. The zero-order chi connectivity index (χ0) is 17.8. The van der Waals surface area contributed by atoms with Crippen LogP contribution in [0.3, 0.4) is 0 Å². The number of hydrogen-bond donors (Lipinski definition) is 1. The summed E-state index contributed by atoms with van der Waals surface area (Å²) in [5.74, 6) is 0.0940. The highest BCUT2D eigenvalue weighted by atomic mass is 32.1. The maximum Gasteiger partial charge on any atom is 0.237 e. The van der Waals surface area contributed by atoms with Gasteiger partial charge in [-0.05, 0) is 45.7 Å². The number of piperidine rings is 1. The van der Waals surface area contributed by atoms with Crippen molar-refractivity contribution in [3.05, 3.63) is 52.0 Å². The molecule has 0 unspecified atom stereocenters. The molecule has 1 amide bonds. The van der Waals surface area contributed by atoms with Crippen LogP contribution in [0, 0.1) is 6.92 Å². The lowest BCUT2D eigenvalue weighted by molar-refractivity contribution is -0.128. The predicted octanol–water partition coefficient (Wildman–Crippen LogP) is 4.24. The van der Waals surface area contributed by atoms with Gasteiger partial charge in [0.15, 0.2) is 0 Å². The molecule has 1 fully saturated rings. The van der Waals surface area contributed by atoms with Crippen LogP contribution in [0.4, 0.5) is 0 Å². The smallest absolute Gasteiger partial charge is 0.237 e. The molecule has 0 saturated carbocycles. The fourth-order valence-corrected chi connectivity index (χ4v) is 4.47. The summed E-state index contributed by atoms with van der Waals surface area (Å²) in [6, 6.07) is 10.2. The molecule has 0 bridgehead atoms. The van der Waals surface area contributed by atoms with Crippen molar-refractivity contribution in [1.29, 1.82) is 0 Å². The molecule has 1 aromatic heterocycles. The predicted molar refractivity (Wildman–Crippen MR) is 103 cm³/mol. The number of nitrogens with zero attached hydrogens (tertiary/aromatic N) is 2. The first-order valence-corrected chi connectivity index (χ1v) is 9.97. The minimum Gasteiger partial charge on any atom is -0.348 e. The third-order valence-corrected chi connectivity index (χ3v) is 6.07. The standard InChI is InChI=1S/C20H27N3OS/c1-14-13-25-20(21-14)18-11-7-8-12-23(18)16(3)19(24)22-15(2)17-9-5-4-6-10-17/h4-6,9-10,13,15-16,18H,7-8,11-12H2,1-3H3,(H,22,24)/t15-,16+,18+/m1/s1. The molecule has 1 aliphatic rings.